The third-order valence-electron chi connectivity index (χ3n) is 3.44. The van der Waals surface area contributed by atoms with Crippen molar-refractivity contribution in [2.24, 2.45) is 5.16 Å². The minimum Gasteiger partial charge on any atom is -0.455 e. The lowest BCUT2D eigenvalue weighted by atomic mass is 10.1. The van der Waals surface area contributed by atoms with Crippen LogP contribution < -0.4 is 9.47 Å². The summed E-state index contributed by atoms with van der Waals surface area (Å²) < 4.78 is 15.4. The highest BCUT2D eigenvalue weighted by atomic mass is 16.7. The Kier molecular flexibility index (Phi) is 4.98. The molecular formula is C17H16N2O6. The smallest absolute Gasteiger partial charge is 0.347 e. The lowest BCUT2D eigenvalue weighted by Crippen LogP contribution is -2.17. The van der Waals surface area contributed by atoms with Crippen LogP contribution in [0.5, 0.6) is 11.5 Å². The van der Waals surface area contributed by atoms with Gasteiger partial charge in [-0.1, -0.05) is 5.16 Å². The summed E-state index contributed by atoms with van der Waals surface area (Å²) in [6, 6.07) is 8.65. The van der Waals surface area contributed by atoms with Crippen LogP contribution >= 0.6 is 0 Å². The zero-order valence-corrected chi connectivity index (χ0v) is 13.5. The number of fused-ring (bicyclic) bond motifs is 1. The van der Waals surface area contributed by atoms with Gasteiger partial charge in [0.1, 0.15) is 0 Å². The highest BCUT2D eigenvalue weighted by Gasteiger charge is 2.14. The first-order chi connectivity index (χ1) is 12.1. The number of nitrogens with zero attached hydrogens (tertiary/aromatic N) is 1. The fraction of sp³-hybridized carbons (Fsp3) is 0.235. The average molecular weight is 344 g/mol. The normalized spacial score (nSPS) is 12.8. The van der Waals surface area contributed by atoms with Crippen molar-refractivity contribution in [3.05, 3.63) is 47.8 Å². The van der Waals surface area contributed by atoms with Crippen LogP contribution in [0.2, 0.25) is 0 Å². The Labute approximate surface area is 143 Å². The second kappa shape index (κ2) is 7.52. The third kappa shape index (κ3) is 4.17. The first-order valence-electron chi connectivity index (χ1n) is 7.52. The number of aromatic nitrogens is 1. The maximum Gasteiger partial charge on any atom is 0.347 e. The average Bonchev–Trinajstić information content (AvgIpc) is 3.30. The zero-order valence-electron chi connectivity index (χ0n) is 13.5. The molecule has 0 fully saturated rings. The molecule has 0 radical (unpaired) electrons. The van der Waals surface area contributed by atoms with E-state index < -0.39 is 5.97 Å². The van der Waals surface area contributed by atoms with Gasteiger partial charge in [0.25, 0.3) is 0 Å². The Morgan fingerprint density at radius 3 is 2.84 bits per heavy atom. The molecule has 0 amide bonds. The number of H-pyrrole nitrogens is 1. The number of rotatable bonds is 7. The number of nitrogens with one attached hydrogen (secondary N) is 1. The van der Waals surface area contributed by atoms with Gasteiger partial charge < -0.3 is 24.0 Å². The van der Waals surface area contributed by atoms with Gasteiger partial charge in [-0.15, -0.1) is 0 Å². The molecule has 0 unspecified atom stereocenters. The van der Waals surface area contributed by atoms with Crippen LogP contribution in [-0.2, 0) is 14.4 Å². The first-order valence-corrected chi connectivity index (χ1v) is 7.52. The van der Waals surface area contributed by atoms with E-state index in [1.165, 1.54) is 0 Å². The number of aromatic amines is 1. The van der Waals surface area contributed by atoms with Gasteiger partial charge in [-0.05, 0) is 37.3 Å². The number of ketones is 1. The Morgan fingerprint density at radius 2 is 2.04 bits per heavy atom. The molecule has 3 rings (SSSR count). The lowest BCUT2D eigenvalue weighted by molar-refractivity contribution is -0.147. The van der Waals surface area contributed by atoms with E-state index in [-0.39, 0.29) is 25.8 Å². The Balaban J connectivity index is 1.45. The molecule has 8 heteroatoms. The van der Waals surface area contributed by atoms with Crippen LogP contribution in [-0.4, -0.2) is 42.5 Å². The number of oxime groups is 1. The summed E-state index contributed by atoms with van der Waals surface area (Å²) in [4.78, 5) is 31.0. The molecule has 1 aromatic heterocycles. The van der Waals surface area contributed by atoms with E-state index in [4.69, 9.17) is 19.0 Å². The zero-order chi connectivity index (χ0) is 17.6. The second-order valence-corrected chi connectivity index (χ2v) is 5.19. The molecular weight excluding hydrogens is 328 g/mol. The quantitative estimate of drug-likeness (QED) is 0.356. The molecule has 0 spiro atoms. The fourth-order valence-electron chi connectivity index (χ4n) is 2.13. The molecule has 0 saturated heterocycles. The maximum absolute atomic E-state index is 11.7. The van der Waals surface area contributed by atoms with Crippen molar-refractivity contribution < 1.29 is 28.6 Å². The van der Waals surface area contributed by atoms with E-state index >= 15 is 0 Å². The van der Waals surface area contributed by atoms with Crippen molar-refractivity contribution in [1.29, 1.82) is 0 Å². The summed E-state index contributed by atoms with van der Waals surface area (Å²) in [5, 5.41) is 3.87. The largest absolute Gasteiger partial charge is 0.455 e. The van der Waals surface area contributed by atoms with Crippen molar-refractivity contribution in [3.63, 3.8) is 0 Å². The number of hydrogen-bond acceptors (Lipinski definition) is 7. The van der Waals surface area contributed by atoms with Gasteiger partial charge in [0.15, 0.2) is 18.1 Å². The standard InChI is InChI=1S/C17H16N2O6/c1-11(12-4-5-15-16(7-12)24-10-23-15)19-25-9-17(21)22-8-14(20)13-3-2-6-18-13/h2-7,18H,8-10H2,1H3/b19-11-. The van der Waals surface area contributed by atoms with Gasteiger partial charge in [0.2, 0.25) is 19.2 Å². The van der Waals surface area contributed by atoms with Gasteiger partial charge in [-0.2, -0.15) is 0 Å². The number of Topliss-reactive ketones (excluding diaryl/α,β-unsaturated/α-hetero) is 1. The number of esters is 1. The molecule has 25 heavy (non-hydrogen) atoms. The Hall–Kier alpha value is -3.29. The van der Waals surface area contributed by atoms with Crippen molar-refractivity contribution in [3.8, 4) is 11.5 Å². The Bertz CT molecular complexity index is 797. The van der Waals surface area contributed by atoms with Crippen LogP contribution in [0.25, 0.3) is 0 Å². The van der Waals surface area contributed by atoms with Gasteiger partial charge in [0, 0.05) is 11.8 Å². The highest BCUT2D eigenvalue weighted by molar-refractivity contribution is 5.99. The van der Waals surface area contributed by atoms with Crippen LogP contribution in [0.3, 0.4) is 0 Å². The molecule has 0 bridgehead atoms. The van der Waals surface area contributed by atoms with Gasteiger partial charge in [0.05, 0.1) is 11.4 Å². The van der Waals surface area contributed by atoms with E-state index in [1.807, 2.05) is 6.07 Å². The summed E-state index contributed by atoms with van der Waals surface area (Å²) in [6.07, 6.45) is 1.62. The number of carbonyl (C=O) groups excluding carboxylic acids is 2. The van der Waals surface area contributed by atoms with Crippen molar-refractivity contribution >= 4 is 17.5 Å². The van der Waals surface area contributed by atoms with E-state index in [0.717, 1.165) is 5.56 Å². The molecule has 0 atom stereocenters. The highest BCUT2D eigenvalue weighted by Crippen LogP contribution is 2.32. The van der Waals surface area contributed by atoms with E-state index in [2.05, 4.69) is 10.1 Å². The lowest BCUT2D eigenvalue weighted by Gasteiger charge is -2.04. The van der Waals surface area contributed by atoms with Crippen molar-refractivity contribution in [1.82, 2.24) is 4.98 Å². The summed E-state index contributed by atoms with van der Waals surface area (Å²) in [6.45, 7) is 1.18. The fourth-order valence-corrected chi connectivity index (χ4v) is 2.13. The predicted molar refractivity (Wildman–Crippen MR) is 86.8 cm³/mol. The van der Waals surface area contributed by atoms with E-state index in [1.54, 1.807) is 37.4 Å². The summed E-state index contributed by atoms with van der Waals surface area (Å²) in [7, 11) is 0. The van der Waals surface area contributed by atoms with Crippen LogP contribution in [0.15, 0.2) is 41.7 Å². The minimum atomic E-state index is -0.679. The molecule has 2 heterocycles. The minimum absolute atomic E-state index is 0.193. The molecule has 0 saturated carbocycles. The number of ether oxygens (including phenoxy) is 3. The van der Waals surface area contributed by atoms with Gasteiger partial charge >= 0.3 is 5.97 Å². The molecule has 0 aliphatic carbocycles. The van der Waals surface area contributed by atoms with Crippen LogP contribution in [0.1, 0.15) is 23.0 Å². The van der Waals surface area contributed by atoms with Crippen LogP contribution in [0, 0.1) is 0 Å². The molecule has 1 aliphatic rings. The molecule has 2 aromatic rings. The second-order valence-electron chi connectivity index (χ2n) is 5.19. The number of hydrogen-bond donors (Lipinski definition) is 1. The van der Waals surface area contributed by atoms with Crippen LogP contribution in [0.4, 0.5) is 0 Å². The maximum atomic E-state index is 11.7. The number of carbonyl (C=O) groups is 2. The Morgan fingerprint density at radius 1 is 1.20 bits per heavy atom. The summed E-state index contributed by atoms with van der Waals surface area (Å²) >= 11 is 0. The molecule has 1 aliphatic heterocycles. The van der Waals surface area contributed by atoms with E-state index in [9.17, 15) is 9.59 Å². The third-order valence-corrected chi connectivity index (χ3v) is 3.44. The van der Waals surface area contributed by atoms with Crippen molar-refractivity contribution in [2.45, 2.75) is 6.92 Å². The molecule has 1 N–H and O–H groups in total. The van der Waals surface area contributed by atoms with Crippen molar-refractivity contribution in [2.75, 3.05) is 20.0 Å². The van der Waals surface area contributed by atoms with Gasteiger partial charge in [-0.3, -0.25) is 4.79 Å². The van der Waals surface area contributed by atoms with Gasteiger partial charge in [-0.25, -0.2) is 4.79 Å². The molecule has 130 valence electrons. The SMILES string of the molecule is C/C(=N/OCC(=O)OCC(=O)c1ccc[nH]1)c1ccc2c(c1)OCO2. The van der Waals surface area contributed by atoms with E-state index in [0.29, 0.717) is 22.9 Å². The monoisotopic (exact) mass is 344 g/mol. The molecule has 8 nitrogen and oxygen atoms in total. The molecule has 1 aromatic carbocycles. The first kappa shape index (κ1) is 16.6. The predicted octanol–water partition coefficient (Wildman–Crippen LogP) is 1.91. The number of benzene rings is 1. The summed E-state index contributed by atoms with van der Waals surface area (Å²) in [5.41, 5.74) is 1.72. The topological polar surface area (TPSA) is 99.2 Å². The summed E-state index contributed by atoms with van der Waals surface area (Å²) in [5.74, 6) is 0.308.